The van der Waals surface area contributed by atoms with Gasteiger partial charge in [0, 0.05) is 6.42 Å². The van der Waals surface area contributed by atoms with Gasteiger partial charge in [-0.15, -0.1) is 5.10 Å². The number of amides is 1. The van der Waals surface area contributed by atoms with E-state index in [-0.39, 0.29) is 36.2 Å². The van der Waals surface area contributed by atoms with Crippen LogP contribution in [0.15, 0.2) is 30.5 Å². The van der Waals surface area contributed by atoms with Crippen molar-refractivity contribution in [2.45, 2.75) is 13.0 Å². The fourth-order valence-electron chi connectivity index (χ4n) is 1.79. The Morgan fingerprint density at radius 1 is 1.50 bits per heavy atom. The number of ether oxygens (including phenoxy) is 1. The van der Waals surface area contributed by atoms with Gasteiger partial charge in [0.1, 0.15) is 11.9 Å². The standard InChI is InChI=1S/C13H14N4O5/c1-22-13-10(17(20)21)8-16(15-13)7-6-12(19)14-9-4-2-3-5-11(9)18/h2-5,8,18H,6-7H2,1H3,(H,14,19). The monoisotopic (exact) mass is 306 g/mol. The number of nitrogens with one attached hydrogen (secondary N) is 1. The number of aryl methyl sites for hydroxylation is 1. The summed E-state index contributed by atoms with van der Waals surface area (Å²) in [6.07, 6.45) is 1.24. The second kappa shape index (κ2) is 6.57. The number of aromatic nitrogens is 2. The number of para-hydroxylation sites is 2. The van der Waals surface area contributed by atoms with Crippen LogP contribution < -0.4 is 10.1 Å². The Hall–Kier alpha value is -3.10. The van der Waals surface area contributed by atoms with E-state index in [1.807, 2.05) is 0 Å². The minimum absolute atomic E-state index is 0.0350. The van der Waals surface area contributed by atoms with Crippen LogP contribution in [0, 0.1) is 10.1 Å². The van der Waals surface area contributed by atoms with E-state index in [9.17, 15) is 20.0 Å². The minimum atomic E-state index is -0.607. The molecule has 0 aliphatic heterocycles. The first-order valence-electron chi connectivity index (χ1n) is 6.35. The van der Waals surface area contributed by atoms with Gasteiger partial charge < -0.3 is 15.2 Å². The van der Waals surface area contributed by atoms with Gasteiger partial charge in [-0.3, -0.25) is 19.6 Å². The van der Waals surface area contributed by atoms with Crippen LogP contribution in [-0.4, -0.2) is 32.8 Å². The number of nitrogens with zero attached hydrogens (tertiary/aromatic N) is 3. The Balaban J connectivity index is 1.97. The maximum Gasteiger partial charge on any atom is 0.350 e. The topological polar surface area (TPSA) is 120 Å². The quantitative estimate of drug-likeness (QED) is 0.474. The van der Waals surface area contributed by atoms with Gasteiger partial charge in [0.2, 0.25) is 5.91 Å². The number of aromatic hydroxyl groups is 1. The van der Waals surface area contributed by atoms with Crippen LogP contribution in [0.5, 0.6) is 11.6 Å². The van der Waals surface area contributed by atoms with Crippen LogP contribution >= 0.6 is 0 Å². The van der Waals surface area contributed by atoms with Crippen LogP contribution in [0.4, 0.5) is 11.4 Å². The van der Waals surface area contributed by atoms with Gasteiger partial charge in [-0.2, -0.15) is 0 Å². The van der Waals surface area contributed by atoms with Crippen molar-refractivity contribution in [2.75, 3.05) is 12.4 Å². The normalized spacial score (nSPS) is 10.2. The molecule has 2 aromatic rings. The SMILES string of the molecule is COc1nn(CCC(=O)Nc2ccccc2O)cc1[N+](=O)[O-]. The van der Waals surface area contributed by atoms with E-state index in [4.69, 9.17) is 4.74 Å². The van der Waals surface area contributed by atoms with Crippen molar-refractivity contribution in [3.63, 3.8) is 0 Å². The third kappa shape index (κ3) is 3.51. The fraction of sp³-hybridized carbons (Fsp3) is 0.231. The maximum atomic E-state index is 11.8. The van der Waals surface area contributed by atoms with Crippen molar-refractivity contribution < 1.29 is 19.6 Å². The Morgan fingerprint density at radius 2 is 2.23 bits per heavy atom. The summed E-state index contributed by atoms with van der Waals surface area (Å²) in [6.45, 7) is 0.142. The summed E-state index contributed by atoms with van der Waals surface area (Å²) >= 11 is 0. The lowest BCUT2D eigenvalue weighted by Gasteiger charge is -2.06. The van der Waals surface area contributed by atoms with Gasteiger partial charge in [0.05, 0.1) is 24.3 Å². The van der Waals surface area contributed by atoms with Crippen molar-refractivity contribution in [1.29, 1.82) is 0 Å². The molecule has 116 valence electrons. The van der Waals surface area contributed by atoms with Gasteiger partial charge in [0.25, 0.3) is 0 Å². The highest BCUT2D eigenvalue weighted by molar-refractivity contribution is 5.92. The summed E-state index contributed by atoms with van der Waals surface area (Å²) in [5.41, 5.74) is 0.0418. The van der Waals surface area contributed by atoms with E-state index in [1.165, 1.54) is 24.1 Å². The Morgan fingerprint density at radius 3 is 2.82 bits per heavy atom. The molecule has 0 bridgehead atoms. The molecule has 2 rings (SSSR count). The molecule has 0 atom stereocenters. The number of rotatable bonds is 6. The molecule has 9 heteroatoms. The molecule has 0 saturated carbocycles. The molecular formula is C13H14N4O5. The van der Waals surface area contributed by atoms with E-state index >= 15 is 0 Å². The fourth-order valence-corrected chi connectivity index (χ4v) is 1.79. The van der Waals surface area contributed by atoms with E-state index in [0.29, 0.717) is 5.69 Å². The number of hydrogen-bond acceptors (Lipinski definition) is 6. The molecule has 1 heterocycles. The summed E-state index contributed by atoms with van der Waals surface area (Å²) in [7, 11) is 1.28. The number of phenols is 1. The van der Waals surface area contributed by atoms with Crippen LogP contribution in [0.2, 0.25) is 0 Å². The van der Waals surface area contributed by atoms with Crippen molar-refractivity contribution in [1.82, 2.24) is 9.78 Å². The van der Waals surface area contributed by atoms with Gasteiger partial charge >= 0.3 is 11.6 Å². The number of carbonyl (C=O) groups excluding carboxylic acids is 1. The summed E-state index contributed by atoms with van der Waals surface area (Å²) in [6, 6.07) is 6.34. The Kier molecular flexibility index (Phi) is 4.57. The zero-order valence-electron chi connectivity index (χ0n) is 11.7. The van der Waals surface area contributed by atoms with Crippen LogP contribution in [0.25, 0.3) is 0 Å². The number of nitro groups is 1. The highest BCUT2D eigenvalue weighted by Gasteiger charge is 2.20. The molecule has 0 fully saturated rings. The molecule has 2 N–H and O–H groups in total. The van der Waals surface area contributed by atoms with Crippen LogP contribution in [0.3, 0.4) is 0 Å². The van der Waals surface area contributed by atoms with Crippen molar-refractivity contribution in [2.24, 2.45) is 0 Å². The molecule has 0 aliphatic rings. The van der Waals surface area contributed by atoms with Crippen molar-refractivity contribution >= 4 is 17.3 Å². The van der Waals surface area contributed by atoms with Gasteiger partial charge in [0.15, 0.2) is 0 Å². The smallest absolute Gasteiger partial charge is 0.350 e. The van der Waals surface area contributed by atoms with E-state index in [0.717, 1.165) is 0 Å². The second-order valence-corrected chi connectivity index (χ2v) is 4.36. The molecular weight excluding hydrogens is 292 g/mol. The van der Waals surface area contributed by atoms with Crippen molar-refractivity contribution in [3.05, 3.63) is 40.6 Å². The number of methoxy groups -OCH3 is 1. The summed E-state index contributed by atoms with van der Waals surface area (Å²) in [5.74, 6) is -0.489. The molecule has 0 radical (unpaired) electrons. The molecule has 1 amide bonds. The lowest BCUT2D eigenvalue weighted by molar-refractivity contribution is -0.385. The first-order valence-corrected chi connectivity index (χ1v) is 6.35. The molecule has 22 heavy (non-hydrogen) atoms. The van der Waals surface area contributed by atoms with Gasteiger partial charge in [-0.05, 0) is 12.1 Å². The van der Waals surface area contributed by atoms with E-state index in [2.05, 4.69) is 10.4 Å². The molecule has 1 aromatic carbocycles. The average molecular weight is 306 g/mol. The van der Waals surface area contributed by atoms with E-state index in [1.54, 1.807) is 18.2 Å². The number of benzene rings is 1. The highest BCUT2D eigenvalue weighted by Crippen LogP contribution is 2.24. The summed E-state index contributed by atoms with van der Waals surface area (Å²) in [5, 5.41) is 26.7. The maximum absolute atomic E-state index is 11.8. The van der Waals surface area contributed by atoms with Gasteiger partial charge in [-0.1, -0.05) is 12.1 Å². The molecule has 0 saturated heterocycles. The summed E-state index contributed by atoms with van der Waals surface area (Å²) in [4.78, 5) is 22.0. The third-order valence-electron chi connectivity index (χ3n) is 2.85. The zero-order valence-corrected chi connectivity index (χ0v) is 11.7. The summed E-state index contributed by atoms with van der Waals surface area (Å²) < 4.78 is 6.06. The molecule has 0 aliphatic carbocycles. The predicted molar refractivity (Wildman–Crippen MR) is 76.8 cm³/mol. The Bertz CT molecular complexity index is 697. The van der Waals surface area contributed by atoms with Crippen LogP contribution in [-0.2, 0) is 11.3 Å². The number of phenolic OH excluding ortho intramolecular Hbond substituents is 1. The van der Waals surface area contributed by atoms with E-state index < -0.39 is 4.92 Å². The first-order chi connectivity index (χ1) is 10.5. The number of hydrogen-bond donors (Lipinski definition) is 2. The number of anilines is 1. The third-order valence-corrected chi connectivity index (χ3v) is 2.85. The van der Waals surface area contributed by atoms with Crippen molar-refractivity contribution in [3.8, 4) is 11.6 Å². The molecule has 0 spiro atoms. The largest absolute Gasteiger partial charge is 0.506 e. The minimum Gasteiger partial charge on any atom is -0.506 e. The zero-order chi connectivity index (χ0) is 16.1. The highest BCUT2D eigenvalue weighted by atomic mass is 16.6. The lowest BCUT2D eigenvalue weighted by atomic mass is 10.3. The lowest BCUT2D eigenvalue weighted by Crippen LogP contribution is -2.14. The van der Waals surface area contributed by atoms with Gasteiger partial charge in [-0.25, -0.2) is 0 Å². The first kappa shape index (κ1) is 15.3. The molecule has 0 unspecified atom stereocenters. The molecule has 9 nitrogen and oxygen atoms in total. The molecule has 1 aromatic heterocycles. The Labute approximate surface area is 125 Å². The average Bonchev–Trinajstić information content (AvgIpc) is 2.91. The predicted octanol–water partition coefficient (Wildman–Crippen LogP) is 1.53. The number of carbonyl (C=O) groups is 1. The van der Waals surface area contributed by atoms with Crippen LogP contribution in [0.1, 0.15) is 6.42 Å². The second-order valence-electron chi connectivity index (χ2n) is 4.36.